The molecule has 0 amide bonds. The molecule has 0 radical (unpaired) electrons. The van der Waals surface area contributed by atoms with Gasteiger partial charge in [-0.1, -0.05) is 6.92 Å². The minimum Gasteiger partial charge on any atom is -0.468 e. The number of nitrogens with zero attached hydrogens (tertiary/aromatic N) is 1. The Labute approximate surface area is 103 Å². The van der Waals surface area contributed by atoms with Crippen LogP contribution in [0.2, 0.25) is 0 Å². The van der Waals surface area contributed by atoms with Crippen molar-refractivity contribution in [3.63, 3.8) is 0 Å². The maximum atomic E-state index is 11.7. The summed E-state index contributed by atoms with van der Waals surface area (Å²) in [5.41, 5.74) is 5.40. The zero-order chi connectivity index (χ0) is 12.5. The van der Waals surface area contributed by atoms with E-state index < -0.39 is 5.54 Å². The van der Waals surface area contributed by atoms with Crippen LogP contribution in [0, 0.1) is 5.92 Å². The van der Waals surface area contributed by atoms with Crippen molar-refractivity contribution >= 4 is 5.97 Å². The number of methoxy groups -OCH3 is 1. The number of hydrogen-bond acceptors (Lipinski definition) is 4. The zero-order valence-electron chi connectivity index (χ0n) is 10.9. The Hall–Kier alpha value is -0.610. The van der Waals surface area contributed by atoms with Gasteiger partial charge in [-0.15, -0.1) is 0 Å². The number of carbonyl (C=O) groups is 1. The highest BCUT2D eigenvalue weighted by Crippen LogP contribution is 2.35. The van der Waals surface area contributed by atoms with Crippen molar-refractivity contribution in [2.45, 2.75) is 50.6 Å². The van der Waals surface area contributed by atoms with E-state index in [4.69, 9.17) is 10.5 Å². The van der Waals surface area contributed by atoms with Gasteiger partial charge in [0.25, 0.3) is 0 Å². The van der Waals surface area contributed by atoms with E-state index in [1.54, 1.807) is 0 Å². The quantitative estimate of drug-likeness (QED) is 0.732. The third-order valence-electron chi connectivity index (χ3n) is 4.23. The molecular weight excluding hydrogens is 216 g/mol. The van der Waals surface area contributed by atoms with Crippen LogP contribution in [-0.4, -0.2) is 42.6 Å². The first kappa shape index (κ1) is 12.8. The van der Waals surface area contributed by atoms with E-state index in [2.05, 4.69) is 11.8 Å². The van der Waals surface area contributed by atoms with Gasteiger partial charge in [-0.05, 0) is 44.6 Å². The van der Waals surface area contributed by atoms with Crippen LogP contribution in [0.15, 0.2) is 0 Å². The van der Waals surface area contributed by atoms with Gasteiger partial charge in [-0.3, -0.25) is 4.79 Å². The first-order valence-corrected chi connectivity index (χ1v) is 6.70. The largest absolute Gasteiger partial charge is 0.468 e. The minimum atomic E-state index is -0.740. The molecular formula is C13H24N2O2. The fraction of sp³-hybridized carbons (Fsp3) is 0.923. The first-order valence-electron chi connectivity index (χ1n) is 6.70. The average Bonchev–Trinajstić information content (AvgIpc) is 3.07. The van der Waals surface area contributed by atoms with Gasteiger partial charge in [0.2, 0.25) is 0 Å². The summed E-state index contributed by atoms with van der Waals surface area (Å²) in [7, 11) is 1.42. The summed E-state index contributed by atoms with van der Waals surface area (Å²) in [6, 6.07) is 0.463. The smallest absolute Gasteiger partial charge is 0.325 e. The average molecular weight is 240 g/mol. The molecule has 17 heavy (non-hydrogen) atoms. The Bertz CT molecular complexity index is 291. The predicted molar refractivity (Wildman–Crippen MR) is 66.5 cm³/mol. The molecule has 0 aromatic carbocycles. The van der Waals surface area contributed by atoms with E-state index in [0.717, 1.165) is 31.7 Å². The predicted octanol–water partition coefficient (Wildman–Crippen LogP) is 1.14. The summed E-state index contributed by atoms with van der Waals surface area (Å²) in [4.78, 5) is 14.2. The summed E-state index contributed by atoms with van der Waals surface area (Å²) in [5.74, 6) is 0.642. The topological polar surface area (TPSA) is 55.6 Å². The Morgan fingerprint density at radius 1 is 1.47 bits per heavy atom. The summed E-state index contributed by atoms with van der Waals surface area (Å²) in [5, 5.41) is 0. The lowest BCUT2D eigenvalue weighted by Gasteiger charge is -2.29. The number of carbonyl (C=O) groups excluding carboxylic acids is 1. The molecule has 0 spiro atoms. The lowest BCUT2D eigenvalue weighted by molar-refractivity contribution is -0.147. The molecule has 2 N–H and O–H groups in total. The van der Waals surface area contributed by atoms with Crippen LogP contribution in [0.1, 0.15) is 39.0 Å². The Morgan fingerprint density at radius 3 is 2.71 bits per heavy atom. The van der Waals surface area contributed by atoms with Crippen LogP contribution >= 0.6 is 0 Å². The number of esters is 1. The normalized spacial score (nSPS) is 33.1. The molecule has 2 aliphatic carbocycles. The summed E-state index contributed by atoms with van der Waals surface area (Å²) < 4.78 is 4.81. The molecule has 2 fully saturated rings. The van der Waals surface area contributed by atoms with Gasteiger partial charge in [0, 0.05) is 12.6 Å². The molecule has 0 bridgehead atoms. The molecule has 0 aliphatic heterocycles. The van der Waals surface area contributed by atoms with Crippen LogP contribution < -0.4 is 5.73 Å². The summed E-state index contributed by atoms with van der Waals surface area (Å²) >= 11 is 0. The van der Waals surface area contributed by atoms with Crippen molar-refractivity contribution in [1.82, 2.24) is 4.90 Å². The van der Waals surface area contributed by atoms with Gasteiger partial charge in [-0.25, -0.2) is 0 Å². The summed E-state index contributed by atoms with van der Waals surface area (Å²) in [6.07, 6.45) is 5.26. The van der Waals surface area contributed by atoms with E-state index >= 15 is 0 Å². The molecule has 0 saturated heterocycles. The third-order valence-corrected chi connectivity index (χ3v) is 4.23. The van der Waals surface area contributed by atoms with Crippen LogP contribution in [0.25, 0.3) is 0 Å². The molecule has 2 atom stereocenters. The van der Waals surface area contributed by atoms with Gasteiger partial charge < -0.3 is 15.4 Å². The maximum Gasteiger partial charge on any atom is 0.325 e. The Balaban J connectivity index is 1.92. The van der Waals surface area contributed by atoms with Crippen molar-refractivity contribution in [3.8, 4) is 0 Å². The van der Waals surface area contributed by atoms with E-state index in [0.29, 0.717) is 6.04 Å². The lowest BCUT2D eigenvalue weighted by Crippen LogP contribution is -2.48. The fourth-order valence-electron chi connectivity index (χ4n) is 2.92. The monoisotopic (exact) mass is 240 g/mol. The highest BCUT2D eigenvalue weighted by Gasteiger charge is 2.45. The molecule has 4 nitrogen and oxygen atoms in total. The second-order valence-corrected chi connectivity index (χ2v) is 5.58. The molecule has 4 heteroatoms. The van der Waals surface area contributed by atoms with E-state index in [1.807, 2.05) is 0 Å². The highest BCUT2D eigenvalue weighted by atomic mass is 16.5. The number of rotatable bonds is 5. The molecule has 0 aromatic heterocycles. The van der Waals surface area contributed by atoms with Gasteiger partial charge in [0.15, 0.2) is 0 Å². The maximum absolute atomic E-state index is 11.7. The number of hydrogen-bond donors (Lipinski definition) is 1. The van der Waals surface area contributed by atoms with E-state index in [-0.39, 0.29) is 5.97 Å². The van der Waals surface area contributed by atoms with Gasteiger partial charge in [-0.2, -0.15) is 0 Å². The SMILES string of the molecule is CCN(CC1CC1)C1CCC(N)(C(=O)OC)C1. The molecule has 2 aliphatic rings. The van der Waals surface area contributed by atoms with Crippen LogP contribution in [-0.2, 0) is 9.53 Å². The van der Waals surface area contributed by atoms with Crippen molar-refractivity contribution in [2.75, 3.05) is 20.2 Å². The van der Waals surface area contributed by atoms with Crippen molar-refractivity contribution < 1.29 is 9.53 Å². The molecule has 2 rings (SSSR count). The van der Waals surface area contributed by atoms with E-state index in [1.165, 1.54) is 26.5 Å². The standard InChI is InChI=1S/C13H24N2O2/c1-3-15(9-10-4-5-10)11-6-7-13(14,8-11)12(16)17-2/h10-11H,3-9,14H2,1-2H3. The molecule has 0 heterocycles. The van der Waals surface area contributed by atoms with Gasteiger partial charge in [0.05, 0.1) is 7.11 Å². The number of nitrogens with two attached hydrogens (primary N) is 1. The Kier molecular flexibility index (Phi) is 3.73. The Morgan fingerprint density at radius 2 is 2.18 bits per heavy atom. The highest BCUT2D eigenvalue weighted by molar-refractivity contribution is 5.81. The third kappa shape index (κ3) is 2.80. The lowest BCUT2D eigenvalue weighted by atomic mass is 9.99. The first-order chi connectivity index (χ1) is 8.09. The van der Waals surface area contributed by atoms with Crippen LogP contribution in [0.4, 0.5) is 0 Å². The molecule has 98 valence electrons. The second kappa shape index (κ2) is 4.94. The molecule has 2 saturated carbocycles. The molecule has 2 unspecified atom stereocenters. The van der Waals surface area contributed by atoms with E-state index in [9.17, 15) is 4.79 Å². The minimum absolute atomic E-state index is 0.248. The van der Waals surface area contributed by atoms with Crippen molar-refractivity contribution in [3.05, 3.63) is 0 Å². The molecule has 0 aromatic rings. The van der Waals surface area contributed by atoms with Crippen molar-refractivity contribution in [2.24, 2.45) is 11.7 Å². The number of ether oxygens (including phenoxy) is 1. The van der Waals surface area contributed by atoms with Gasteiger partial charge in [0.1, 0.15) is 5.54 Å². The van der Waals surface area contributed by atoms with Crippen LogP contribution in [0.3, 0.4) is 0 Å². The van der Waals surface area contributed by atoms with Gasteiger partial charge >= 0.3 is 5.97 Å². The second-order valence-electron chi connectivity index (χ2n) is 5.58. The zero-order valence-corrected chi connectivity index (χ0v) is 10.9. The summed E-state index contributed by atoms with van der Waals surface area (Å²) in [6.45, 7) is 4.42. The fourth-order valence-corrected chi connectivity index (χ4v) is 2.92. The van der Waals surface area contributed by atoms with Crippen molar-refractivity contribution in [1.29, 1.82) is 0 Å². The van der Waals surface area contributed by atoms with Crippen LogP contribution in [0.5, 0.6) is 0 Å².